The number of halogens is 1. The molecule has 24 heavy (non-hydrogen) atoms. The summed E-state index contributed by atoms with van der Waals surface area (Å²) < 4.78 is 29.3. The summed E-state index contributed by atoms with van der Waals surface area (Å²) in [6.45, 7) is 6.00. The maximum atomic E-state index is 14.1. The number of hydrogen-bond donors (Lipinski definition) is 0. The molecule has 0 heterocycles. The van der Waals surface area contributed by atoms with Crippen molar-refractivity contribution in [3.05, 3.63) is 58.4 Å². The van der Waals surface area contributed by atoms with Gasteiger partial charge in [-0.1, -0.05) is 19.1 Å². The Morgan fingerprint density at radius 2 is 1.88 bits per heavy atom. The van der Waals surface area contributed by atoms with E-state index in [0.29, 0.717) is 5.75 Å². The quantitative estimate of drug-likeness (QED) is 0.586. The first-order valence-corrected chi connectivity index (χ1v) is 7.72. The Morgan fingerprint density at radius 1 is 1.12 bits per heavy atom. The molecule has 2 rings (SSSR count). The molecule has 0 saturated carbocycles. The Hall–Kier alpha value is -2.56. The first kappa shape index (κ1) is 17.8. The van der Waals surface area contributed by atoms with Crippen molar-refractivity contribution in [1.82, 2.24) is 0 Å². The fourth-order valence-corrected chi connectivity index (χ4v) is 2.44. The number of aryl methyl sites for hydroxylation is 3. The molecule has 0 atom stereocenters. The van der Waals surface area contributed by atoms with Crippen molar-refractivity contribution in [3.8, 4) is 11.5 Å². The molecule has 0 N–H and O–H groups in total. The Kier molecular flexibility index (Phi) is 5.79. The normalized spacial score (nSPS) is 10.4. The van der Waals surface area contributed by atoms with Crippen LogP contribution in [0.1, 0.15) is 29.2 Å². The largest absolute Gasteiger partial charge is 0.513 e. The molecule has 0 aromatic heterocycles. The molecule has 2 aromatic rings. The Labute approximate surface area is 141 Å². The van der Waals surface area contributed by atoms with Gasteiger partial charge in [-0.2, -0.15) is 0 Å². The van der Waals surface area contributed by atoms with Gasteiger partial charge in [0.1, 0.15) is 23.9 Å². The number of carbonyl (C=O) groups excluding carboxylic acids is 1. The molecule has 0 spiro atoms. The standard InChI is InChI=1S/C19H21FO4/c1-5-14-9-13(3)18(10-12(14)2)23-11-15-16(20)7-6-8-17(15)24-19(21)22-4/h6-10H,5,11H2,1-4H3. The van der Waals surface area contributed by atoms with Crippen molar-refractivity contribution in [3.63, 3.8) is 0 Å². The highest BCUT2D eigenvalue weighted by Gasteiger charge is 2.15. The first-order chi connectivity index (χ1) is 11.5. The van der Waals surface area contributed by atoms with Gasteiger partial charge in [0.2, 0.25) is 0 Å². The minimum Gasteiger partial charge on any atom is -0.488 e. The molecule has 4 nitrogen and oxygen atoms in total. The molecule has 0 radical (unpaired) electrons. The van der Waals surface area contributed by atoms with E-state index in [1.54, 1.807) is 0 Å². The van der Waals surface area contributed by atoms with Crippen molar-refractivity contribution in [2.45, 2.75) is 33.8 Å². The summed E-state index contributed by atoms with van der Waals surface area (Å²) in [4.78, 5) is 11.3. The van der Waals surface area contributed by atoms with Crippen LogP contribution in [0.25, 0.3) is 0 Å². The predicted molar refractivity (Wildman–Crippen MR) is 89.1 cm³/mol. The lowest BCUT2D eigenvalue weighted by Crippen LogP contribution is -2.11. The van der Waals surface area contributed by atoms with Crippen LogP contribution in [0.3, 0.4) is 0 Å². The second-order valence-electron chi connectivity index (χ2n) is 5.46. The smallest absolute Gasteiger partial charge is 0.488 e. The number of hydrogen-bond acceptors (Lipinski definition) is 4. The maximum absolute atomic E-state index is 14.1. The monoisotopic (exact) mass is 332 g/mol. The molecule has 0 aliphatic carbocycles. The van der Waals surface area contributed by atoms with Gasteiger partial charge in [-0.25, -0.2) is 9.18 Å². The van der Waals surface area contributed by atoms with Crippen molar-refractivity contribution in [2.24, 2.45) is 0 Å². The predicted octanol–water partition coefficient (Wildman–Crippen LogP) is 4.73. The minimum atomic E-state index is -0.902. The maximum Gasteiger partial charge on any atom is 0.513 e. The van der Waals surface area contributed by atoms with Gasteiger partial charge in [-0.15, -0.1) is 0 Å². The van der Waals surface area contributed by atoms with E-state index in [9.17, 15) is 9.18 Å². The topological polar surface area (TPSA) is 44.8 Å². The molecule has 0 fully saturated rings. The van der Waals surface area contributed by atoms with Gasteiger partial charge < -0.3 is 14.2 Å². The molecular weight excluding hydrogens is 311 g/mol. The molecular formula is C19H21FO4. The number of ether oxygens (including phenoxy) is 3. The van der Waals surface area contributed by atoms with Crippen LogP contribution in [-0.4, -0.2) is 13.3 Å². The zero-order chi connectivity index (χ0) is 17.7. The SMILES string of the molecule is CCc1cc(C)c(OCc2c(F)cccc2OC(=O)OC)cc1C. The lowest BCUT2D eigenvalue weighted by molar-refractivity contribution is 0.120. The highest BCUT2D eigenvalue weighted by Crippen LogP contribution is 2.27. The van der Waals surface area contributed by atoms with E-state index in [1.807, 2.05) is 19.9 Å². The number of rotatable bonds is 5. The summed E-state index contributed by atoms with van der Waals surface area (Å²) in [6, 6.07) is 8.26. The van der Waals surface area contributed by atoms with E-state index in [4.69, 9.17) is 9.47 Å². The molecule has 5 heteroatoms. The molecule has 2 aromatic carbocycles. The first-order valence-electron chi connectivity index (χ1n) is 7.72. The molecule has 0 amide bonds. The van der Waals surface area contributed by atoms with Crippen molar-refractivity contribution >= 4 is 6.16 Å². The van der Waals surface area contributed by atoms with Gasteiger partial charge in [0.05, 0.1) is 12.7 Å². The van der Waals surface area contributed by atoms with E-state index < -0.39 is 12.0 Å². The number of benzene rings is 2. The lowest BCUT2D eigenvalue weighted by atomic mass is 10.0. The Balaban J connectivity index is 2.23. The summed E-state index contributed by atoms with van der Waals surface area (Å²) in [5.74, 6) is 0.259. The zero-order valence-electron chi connectivity index (χ0n) is 14.3. The third kappa shape index (κ3) is 4.04. The Bertz CT molecular complexity index is 740. The highest BCUT2D eigenvalue weighted by molar-refractivity contribution is 5.64. The van der Waals surface area contributed by atoms with Crippen LogP contribution in [0.15, 0.2) is 30.3 Å². The average Bonchev–Trinajstić information content (AvgIpc) is 2.56. The van der Waals surface area contributed by atoms with Gasteiger partial charge in [0, 0.05) is 0 Å². The van der Waals surface area contributed by atoms with Crippen LogP contribution < -0.4 is 9.47 Å². The molecule has 0 saturated heterocycles. The van der Waals surface area contributed by atoms with Crippen LogP contribution in [-0.2, 0) is 17.8 Å². The summed E-state index contributed by atoms with van der Waals surface area (Å²) in [6.07, 6.45) is 0.0402. The second-order valence-corrected chi connectivity index (χ2v) is 5.46. The molecule has 0 aliphatic heterocycles. The van der Waals surface area contributed by atoms with Gasteiger partial charge in [-0.05, 0) is 55.2 Å². The van der Waals surface area contributed by atoms with Crippen LogP contribution in [0.5, 0.6) is 11.5 Å². The van der Waals surface area contributed by atoms with Gasteiger partial charge >= 0.3 is 6.16 Å². The van der Waals surface area contributed by atoms with Gasteiger partial charge in [0.25, 0.3) is 0 Å². The minimum absolute atomic E-state index is 0.0508. The summed E-state index contributed by atoms with van der Waals surface area (Å²) in [7, 11) is 1.19. The van der Waals surface area contributed by atoms with Crippen molar-refractivity contribution in [1.29, 1.82) is 0 Å². The van der Waals surface area contributed by atoms with Crippen LogP contribution in [0.2, 0.25) is 0 Å². The van der Waals surface area contributed by atoms with Crippen molar-refractivity contribution in [2.75, 3.05) is 7.11 Å². The molecule has 128 valence electrons. The number of methoxy groups -OCH3 is 1. The number of carbonyl (C=O) groups is 1. The summed E-state index contributed by atoms with van der Waals surface area (Å²) in [5.41, 5.74) is 3.52. The van der Waals surface area contributed by atoms with Crippen molar-refractivity contribution < 1.29 is 23.4 Å². The van der Waals surface area contributed by atoms with E-state index in [2.05, 4.69) is 17.7 Å². The van der Waals surface area contributed by atoms with E-state index in [-0.39, 0.29) is 17.9 Å². The summed E-state index contributed by atoms with van der Waals surface area (Å²) in [5, 5.41) is 0. The second kappa shape index (κ2) is 7.81. The van der Waals surface area contributed by atoms with E-state index >= 15 is 0 Å². The van der Waals surface area contributed by atoms with Gasteiger partial charge in [0.15, 0.2) is 0 Å². The Morgan fingerprint density at radius 3 is 2.54 bits per heavy atom. The van der Waals surface area contributed by atoms with Crippen LogP contribution in [0.4, 0.5) is 9.18 Å². The van der Waals surface area contributed by atoms with Gasteiger partial charge in [-0.3, -0.25) is 0 Å². The fraction of sp³-hybridized carbons (Fsp3) is 0.316. The van der Waals surface area contributed by atoms with E-state index in [0.717, 1.165) is 17.5 Å². The van der Waals surface area contributed by atoms with Crippen LogP contribution >= 0.6 is 0 Å². The third-order valence-electron chi connectivity index (χ3n) is 3.82. The fourth-order valence-electron chi connectivity index (χ4n) is 2.44. The highest BCUT2D eigenvalue weighted by atomic mass is 19.1. The average molecular weight is 332 g/mol. The molecule has 0 bridgehead atoms. The van der Waals surface area contributed by atoms with E-state index in [1.165, 1.54) is 30.9 Å². The molecule has 0 aliphatic rings. The lowest BCUT2D eigenvalue weighted by Gasteiger charge is -2.15. The third-order valence-corrected chi connectivity index (χ3v) is 3.82. The van der Waals surface area contributed by atoms with Crippen LogP contribution in [0, 0.1) is 19.7 Å². The zero-order valence-corrected chi connectivity index (χ0v) is 14.3. The molecule has 0 unspecified atom stereocenters. The summed E-state index contributed by atoms with van der Waals surface area (Å²) >= 11 is 0.